The van der Waals surface area contributed by atoms with Crippen LogP contribution in [0.1, 0.15) is 13.8 Å². The van der Waals surface area contributed by atoms with Gasteiger partial charge in [0, 0.05) is 13.7 Å². The maximum Gasteiger partial charge on any atom is 0.172 e. The quantitative estimate of drug-likeness (QED) is 0.634. The van der Waals surface area contributed by atoms with Crippen molar-refractivity contribution in [3.05, 3.63) is 0 Å². The van der Waals surface area contributed by atoms with Crippen LogP contribution in [0, 0.1) is 0 Å². The molecule has 13 heavy (non-hydrogen) atoms. The van der Waals surface area contributed by atoms with Crippen LogP contribution in [0.4, 0.5) is 0 Å². The predicted octanol–water partition coefficient (Wildman–Crippen LogP) is -0.0954. The van der Waals surface area contributed by atoms with Crippen molar-refractivity contribution in [1.29, 1.82) is 0 Å². The number of aliphatic hydroxyl groups is 1. The van der Waals surface area contributed by atoms with E-state index in [1.807, 2.05) is 0 Å². The molecule has 4 heteroatoms. The van der Waals surface area contributed by atoms with Crippen LogP contribution in [0.5, 0.6) is 0 Å². The second kappa shape index (κ2) is 5.32. The topological polar surface area (TPSA) is 49.8 Å². The van der Waals surface area contributed by atoms with E-state index in [2.05, 4.69) is 0 Å². The molecule has 0 aromatic carbocycles. The number of likely N-dealkylation sites (N-methyl/N-ethyl adjacent to an activating group) is 1. The van der Waals surface area contributed by atoms with E-state index in [0.29, 0.717) is 13.1 Å². The molecule has 0 rings (SSSR count). The van der Waals surface area contributed by atoms with Gasteiger partial charge in [0.2, 0.25) is 0 Å². The van der Waals surface area contributed by atoms with Gasteiger partial charge in [-0.15, -0.1) is 0 Å². The number of ketones is 1. The Balaban J connectivity index is 3.74. The highest BCUT2D eigenvalue weighted by Gasteiger charge is 2.16. The summed E-state index contributed by atoms with van der Waals surface area (Å²) < 4.78 is 4.70. The molecule has 0 radical (unpaired) electrons. The lowest BCUT2D eigenvalue weighted by Gasteiger charge is -2.24. The summed E-state index contributed by atoms with van der Waals surface area (Å²) in [5.74, 6) is 0.0225. The number of nitrogens with zero attached hydrogens (tertiary/aromatic N) is 1. The Morgan fingerprint density at radius 2 is 2.08 bits per heavy atom. The van der Waals surface area contributed by atoms with Gasteiger partial charge in [-0.05, 0) is 20.9 Å². The van der Waals surface area contributed by atoms with Crippen molar-refractivity contribution in [2.75, 3.05) is 33.9 Å². The van der Waals surface area contributed by atoms with E-state index in [1.54, 1.807) is 25.8 Å². The van der Waals surface area contributed by atoms with Gasteiger partial charge in [0.25, 0.3) is 0 Å². The van der Waals surface area contributed by atoms with Gasteiger partial charge in [-0.25, -0.2) is 0 Å². The summed E-state index contributed by atoms with van der Waals surface area (Å²) in [5.41, 5.74) is -0.762. The lowest BCUT2D eigenvalue weighted by molar-refractivity contribution is -0.124. The van der Waals surface area contributed by atoms with Gasteiger partial charge in [0.15, 0.2) is 5.78 Å². The van der Waals surface area contributed by atoms with Gasteiger partial charge in [-0.2, -0.15) is 0 Å². The monoisotopic (exact) mass is 189 g/mol. The molecule has 0 saturated heterocycles. The average Bonchev–Trinajstić information content (AvgIpc) is 1.81. The van der Waals surface area contributed by atoms with Gasteiger partial charge in [0.1, 0.15) is 6.61 Å². The third kappa shape index (κ3) is 7.90. The molecule has 1 N–H and O–H groups in total. The third-order valence-corrected chi connectivity index (χ3v) is 1.41. The summed E-state index contributed by atoms with van der Waals surface area (Å²) in [7, 11) is 3.29. The van der Waals surface area contributed by atoms with Gasteiger partial charge < -0.3 is 9.84 Å². The van der Waals surface area contributed by atoms with E-state index in [0.717, 1.165) is 0 Å². The van der Waals surface area contributed by atoms with Crippen LogP contribution in [0.3, 0.4) is 0 Å². The largest absolute Gasteiger partial charge is 0.389 e. The first-order chi connectivity index (χ1) is 5.85. The summed E-state index contributed by atoms with van der Waals surface area (Å²) in [6.45, 7) is 4.35. The molecule has 0 aromatic rings. The first-order valence-corrected chi connectivity index (χ1v) is 4.26. The number of carbonyl (C=O) groups excluding carboxylic acids is 1. The Labute approximate surface area is 79.5 Å². The van der Waals surface area contributed by atoms with Crippen LogP contribution >= 0.6 is 0 Å². The molecule has 0 unspecified atom stereocenters. The molecule has 0 heterocycles. The van der Waals surface area contributed by atoms with Crippen molar-refractivity contribution >= 4 is 5.78 Å². The van der Waals surface area contributed by atoms with E-state index in [-0.39, 0.29) is 12.4 Å². The Kier molecular flexibility index (Phi) is 5.13. The maximum atomic E-state index is 11.1. The second-order valence-electron chi connectivity index (χ2n) is 3.96. The molecule has 0 saturated carbocycles. The molecule has 0 fully saturated rings. The molecule has 0 amide bonds. The molecule has 4 nitrogen and oxygen atoms in total. The number of rotatable bonds is 6. The highest BCUT2D eigenvalue weighted by atomic mass is 16.5. The number of carbonyl (C=O) groups is 1. The van der Waals surface area contributed by atoms with Gasteiger partial charge >= 0.3 is 0 Å². The van der Waals surface area contributed by atoms with Crippen molar-refractivity contribution < 1.29 is 14.6 Å². The highest BCUT2D eigenvalue weighted by Crippen LogP contribution is 2.02. The van der Waals surface area contributed by atoms with Gasteiger partial charge in [-0.3, -0.25) is 9.69 Å². The predicted molar refractivity (Wildman–Crippen MR) is 50.7 cm³/mol. The molecular formula is C9H19NO3. The van der Waals surface area contributed by atoms with Crippen LogP contribution in [-0.4, -0.2) is 55.2 Å². The minimum atomic E-state index is -0.762. The molecule has 0 bridgehead atoms. The van der Waals surface area contributed by atoms with Crippen molar-refractivity contribution in [2.24, 2.45) is 0 Å². The highest BCUT2D eigenvalue weighted by molar-refractivity contribution is 5.81. The van der Waals surface area contributed by atoms with E-state index in [9.17, 15) is 9.90 Å². The van der Waals surface area contributed by atoms with Crippen LogP contribution < -0.4 is 0 Å². The van der Waals surface area contributed by atoms with Crippen LogP contribution in [-0.2, 0) is 9.53 Å². The lowest BCUT2D eigenvalue weighted by atomic mass is 10.1. The summed E-state index contributed by atoms with van der Waals surface area (Å²) in [4.78, 5) is 12.9. The minimum absolute atomic E-state index is 0.0225. The second-order valence-corrected chi connectivity index (χ2v) is 3.96. The molecule has 0 aliphatic heterocycles. The zero-order chi connectivity index (χ0) is 10.5. The Hall–Kier alpha value is -0.450. The Morgan fingerprint density at radius 3 is 2.46 bits per heavy atom. The number of hydrogen-bond donors (Lipinski definition) is 1. The van der Waals surface area contributed by atoms with Crippen molar-refractivity contribution in [1.82, 2.24) is 4.90 Å². The SMILES string of the molecule is COCC(=O)CN(C)CC(C)(C)O. The zero-order valence-corrected chi connectivity index (χ0v) is 8.83. The van der Waals surface area contributed by atoms with Crippen LogP contribution in [0.15, 0.2) is 0 Å². The number of hydrogen-bond acceptors (Lipinski definition) is 4. The van der Waals surface area contributed by atoms with Gasteiger partial charge in [0.05, 0.1) is 12.1 Å². The number of Topliss-reactive ketones (excluding diaryl/α,β-unsaturated/α-hetero) is 1. The minimum Gasteiger partial charge on any atom is -0.389 e. The standard InChI is InChI=1S/C9H19NO3/c1-9(2,12)7-10(3)5-8(11)6-13-4/h12H,5-7H2,1-4H3. The van der Waals surface area contributed by atoms with Crippen LogP contribution in [0.2, 0.25) is 0 Å². The first-order valence-electron chi connectivity index (χ1n) is 4.26. The molecule has 0 spiro atoms. The molecule has 0 aromatic heterocycles. The summed E-state index contributed by atoms with van der Waals surface area (Å²) in [6.07, 6.45) is 0. The van der Waals surface area contributed by atoms with Crippen molar-refractivity contribution in [2.45, 2.75) is 19.4 Å². The Morgan fingerprint density at radius 1 is 1.54 bits per heavy atom. The Bertz CT molecular complexity index is 163. The summed E-state index contributed by atoms with van der Waals surface area (Å²) in [5, 5.41) is 9.45. The number of methoxy groups -OCH3 is 1. The molecule has 0 aliphatic rings. The van der Waals surface area contributed by atoms with Crippen LogP contribution in [0.25, 0.3) is 0 Å². The third-order valence-electron chi connectivity index (χ3n) is 1.41. The fourth-order valence-corrected chi connectivity index (χ4v) is 1.22. The van der Waals surface area contributed by atoms with E-state index in [4.69, 9.17) is 4.74 Å². The zero-order valence-electron chi connectivity index (χ0n) is 8.83. The van der Waals surface area contributed by atoms with E-state index < -0.39 is 5.60 Å². The molecular weight excluding hydrogens is 170 g/mol. The average molecular weight is 189 g/mol. The lowest BCUT2D eigenvalue weighted by Crippen LogP contribution is -2.39. The normalized spacial score (nSPS) is 12.2. The van der Waals surface area contributed by atoms with Crippen molar-refractivity contribution in [3.63, 3.8) is 0 Å². The first kappa shape index (κ1) is 12.6. The van der Waals surface area contributed by atoms with E-state index in [1.165, 1.54) is 7.11 Å². The van der Waals surface area contributed by atoms with Crippen molar-refractivity contribution in [3.8, 4) is 0 Å². The molecule has 78 valence electrons. The molecule has 0 aliphatic carbocycles. The number of ether oxygens (including phenoxy) is 1. The fourth-order valence-electron chi connectivity index (χ4n) is 1.22. The van der Waals surface area contributed by atoms with Gasteiger partial charge in [-0.1, -0.05) is 0 Å². The fraction of sp³-hybridized carbons (Fsp3) is 0.889. The van der Waals surface area contributed by atoms with E-state index >= 15 is 0 Å². The maximum absolute atomic E-state index is 11.1. The smallest absolute Gasteiger partial charge is 0.172 e. The molecule has 0 atom stereocenters. The summed E-state index contributed by atoms with van der Waals surface area (Å²) in [6, 6.07) is 0. The summed E-state index contributed by atoms with van der Waals surface area (Å²) >= 11 is 0.